The summed E-state index contributed by atoms with van der Waals surface area (Å²) in [4.78, 5) is 4.21. The summed E-state index contributed by atoms with van der Waals surface area (Å²) in [5, 5.41) is 6.66. The van der Waals surface area contributed by atoms with E-state index in [1.807, 2.05) is 37.4 Å². The minimum absolute atomic E-state index is 0.718. The van der Waals surface area contributed by atoms with Gasteiger partial charge in [0.15, 0.2) is 5.96 Å². The molecule has 1 aliphatic carbocycles. The van der Waals surface area contributed by atoms with Gasteiger partial charge in [-0.2, -0.15) is 0 Å². The number of rotatable bonds is 8. The molecule has 2 rings (SSSR count). The maximum atomic E-state index is 5.64. The Morgan fingerprint density at radius 2 is 1.95 bits per heavy atom. The van der Waals surface area contributed by atoms with Gasteiger partial charge >= 0.3 is 0 Å². The monoisotopic (exact) mass is 275 g/mol. The third kappa shape index (κ3) is 5.95. The topological polar surface area (TPSA) is 45.7 Å². The number of aliphatic imine (C=N–C) groups is 1. The molecule has 0 aromatic heterocycles. The maximum Gasteiger partial charge on any atom is 0.190 e. The molecule has 4 heteroatoms. The highest BCUT2D eigenvalue weighted by molar-refractivity contribution is 5.79. The fourth-order valence-corrected chi connectivity index (χ4v) is 2.01. The summed E-state index contributed by atoms with van der Waals surface area (Å²) >= 11 is 0. The highest BCUT2D eigenvalue weighted by Gasteiger charge is 2.20. The van der Waals surface area contributed by atoms with Crippen molar-refractivity contribution >= 4 is 5.96 Å². The van der Waals surface area contributed by atoms with Crippen molar-refractivity contribution in [2.75, 3.05) is 26.7 Å². The third-order valence-electron chi connectivity index (χ3n) is 3.39. The number of para-hydroxylation sites is 1. The van der Waals surface area contributed by atoms with Gasteiger partial charge in [0.1, 0.15) is 5.75 Å². The van der Waals surface area contributed by atoms with Crippen molar-refractivity contribution in [1.29, 1.82) is 0 Å². The van der Waals surface area contributed by atoms with E-state index in [2.05, 4.69) is 15.6 Å². The molecule has 0 saturated heterocycles. The van der Waals surface area contributed by atoms with Crippen molar-refractivity contribution in [1.82, 2.24) is 10.6 Å². The predicted molar refractivity (Wildman–Crippen MR) is 83.3 cm³/mol. The Bertz CT molecular complexity index is 401. The molecule has 0 atom stereocenters. The lowest BCUT2D eigenvalue weighted by Crippen LogP contribution is -2.38. The summed E-state index contributed by atoms with van der Waals surface area (Å²) in [7, 11) is 1.81. The minimum atomic E-state index is 0.718. The summed E-state index contributed by atoms with van der Waals surface area (Å²) in [6, 6.07) is 9.92. The van der Waals surface area contributed by atoms with Crippen molar-refractivity contribution in [2.24, 2.45) is 10.9 Å². The van der Waals surface area contributed by atoms with Crippen LogP contribution < -0.4 is 15.4 Å². The van der Waals surface area contributed by atoms with Crippen LogP contribution in [-0.2, 0) is 0 Å². The largest absolute Gasteiger partial charge is 0.494 e. The number of nitrogens with zero attached hydrogens (tertiary/aromatic N) is 1. The Kier molecular flexibility index (Phi) is 6.21. The smallest absolute Gasteiger partial charge is 0.190 e. The highest BCUT2D eigenvalue weighted by atomic mass is 16.5. The number of guanidine groups is 1. The van der Waals surface area contributed by atoms with Gasteiger partial charge < -0.3 is 15.4 Å². The molecule has 2 N–H and O–H groups in total. The second kappa shape index (κ2) is 8.46. The van der Waals surface area contributed by atoms with E-state index in [0.29, 0.717) is 0 Å². The van der Waals surface area contributed by atoms with Crippen LogP contribution in [0.3, 0.4) is 0 Å². The molecule has 1 aromatic carbocycles. The van der Waals surface area contributed by atoms with Crippen LogP contribution in [0.2, 0.25) is 0 Å². The van der Waals surface area contributed by atoms with Gasteiger partial charge in [-0.15, -0.1) is 0 Å². The van der Waals surface area contributed by atoms with Crippen molar-refractivity contribution in [3.63, 3.8) is 0 Å². The number of ether oxygens (including phenoxy) is 1. The van der Waals surface area contributed by atoms with Gasteiger partial charge in [-0.05, 0) is 30.9 Å². The lowest BCUT2D eigenvalue weighted by molar-refractivity contribution is 0.311. The van der Waals surface area contributed by atoms with Gasteiger partial charge in [0.25, 0.3) is 0 Å². The zero-order chi connectivity index (χ0) is 14.0. The van der Waals surface area contributed by atoms with Crippen LogP contribution in [0.4, 0.5) is 0 Å². The summed E-state index contributed by atoms with van der Waals surface area (Å²) in [5.41, 5.74) is 0. The number of benzene rings is 1. The molecule has 0 radical (unpaired) electrons. The van der Waals surface area contributed by atoms with Gasteiger partial charge in [-0.3, -0.25) is 4.99 Å². The van der Waals surface area contributed by atoms with E-state index in [1.165, 1.54) is 19.3 Å². The number of nitrogens with one attached hydrogen (secondary N) is 2. The van der Waals surface area contributed by atoms with E-state index in [0.717, 1.165) is 43.7 Å². The Morgan fingerprint density at radius 1 is 1.20 bits per heavy atom. The van der Waals surface area contributed by atoms with Crippen molar-refractivity contribution < 1.29 is 4.74 Å². The zero-order valence-corrected chi connectivity index (χ0v) is 12.3. The quantitative estimate of drug-likeness (QED) is 0.435. The van der Waals surface area contributed by atoms with Crippen LogP contribution in [0.1, 0.15) is 25.7 Å². The standard InChI is InChI=1S/C16H25N3O/c1-17-16(19-12-10-14-8-9-14)18-11-5-13-20-15-6-3-2-4-7-15/h2-4,6-7,14H,5,8-13H2,1H3,(H2,17,18,19). The Balaban J connectivity index is 1.50. The van der Waals surface area contributed by atoms with Crippen LogP contribution in [-0.4, -0.2) is 32.7 Å². The number of hydrogen-bond acceptors (Lipinski definition) is 2. The van der Waals surface area contributed by atoms with Gasteiger partial charge in [0, 0.05) is 20.1 Å². The first kappa shape index (κ1) is 14.7. The third-order valence-corrected chi connectivity index (χ3v) is 3.39. The normalized spacial score (nSPS) is 14.9. The Labute approximate surface area is 121 Å². The lowest BCUT2D eigenvalue weighted by Gasteiger charge is -2.12. The molecule has 1 aliphatic rings. The molecule has 1 aromatic rings. The molecular formula is C16H25N3O. The van der Waals surface area contributed by atoms with E-state index < -0.39 is 0 Å². The first-order valence-electron chi connectivity index (χ1n) is 7.51. The molecule has 110 valence electrons. The Morgan fingerprint density at radius 3 is 2.65 bits per heavy atom. The van der Waals surface area contributed by atoms with Crippen LogP contribution in [0.5, 0.6) is 5.75 Å². The van der Waals surface area contributed by atoms with Crippen LogP contribution in [0.25, 0.3) is 0 Å². The molecule has 0 bridgehead atoms. The van der Waals surface area contributed by atoms with Crippen LogP contribution in [0.15, 0.2) is 35.3 Å². The second-order valence-corrected chi connectivity index (χ2v) is 5.17. The summed E-state index contributed by atoms with van der Waals surface area (Å²) < 4.78 is 5.64. The van der Waals surface area contributed by atoms with E-state index in [1.54, 1.807) is 0 Å². The minimum Gasteiger partial charge on any atom is -0.494 e. The SMILES string of the molecule is CN=C(NCCCOc1ccccc1)NCCC1CC1. The highest BCUT2D eigenvalue weighted by Crippen LogP contribution is 2.31. The molecule has 20 heavy (non-hydrogen) atoms. The molecule has 0 unspecified atom stereocenters. The first-order valence-corrected chi connectivity index (χ1v) is 7.51. The molecule has 0 heterocycles. The second-order valence-electron chi connectivity index (χ2n) is 5.17. The first-order chi connectivity index (χ1) is 9.88. The molecule has 0 spiro atoms. The van der Waals surface area contributed by atoms with E-state index in [9.17, 15) is 0 Å². The zero-order valence-electron chi connectivity index (χ0n) is 12.3. The average Bonchev–Trinajstić information content (AvgIpc) is 3.30. The van der Waals surface area contributed by atoms with Crippen molar-refractivity contribution in [3.05, 3.63) is 30.3 Å². The van der Waals surface area contributed by atoms with Crippen molar-refractivity contribution in [2.45, 2.75) is 25.7 Å². The molecular weight excluding hydrogens is 250 g/mol. The van der Waals surface area contributed by atoms with Crippen LogP contribution in [0, 0.1) is 5.92 Å². The van der Waals surface area contributed by atoms with Gasteiger partial charge in [0.2, 0.25) is 0 Å². The van der Waals surface area contributed by atoms with E-state index >= 15 is 0 Å². The van der Waals surface area contributed by atoms with E-state index in [4.69, 9.17) is 4.74 Å². The Hall–Kier alpha value is -1.71. The lowest BCUT2D eigenvalue weighted by atomic mass is 10.3. The van der Waals surface area contributed by atoms with Crippen molar-refractivity contribution in [3.8, 4) is 5.75 Å². The summed E-state index contributed by atoms with van der Waals surface area (Å²) in [6.07, 6.45) is 5.03. The van der Waals surface area contributed by atoms with E-state index in [-0.39, 0.29) is 0 Å². The molecule has 1 fully saturated rings. The average molecular weight is 275 g/mol. The summed E-state index contributed by atoms with van der Waals surface area (Å²) in [5.74, 6) is 2.78. The fraction of sp³-hybridized carbons (Fsp3) is 0.562. The molecule has 4 nitrogen and oxygen atoms in total. The molecule has 0 amide bonds. The van der Waals surface area contributed by atoms with Gasteiger partial charge in [0.05, 0.1) is 6.61 Å². The molecule has 0 aliphatic heterocycles. The van der Waals surface area contributed by atoms with Gasteiger partial charge in [-0.25, -0.2) is 0 Å². The maximum absolute atomic E-state index is 5.64. The van der Waals surface area contributed by atoms with Crippen LogP contribution >= 0.6 is 0 Å². The number of hydrogen-bond donors (Lipinski definition) is 2. The molecule has 1 saturated carbocycles. The predicted octanol–water partition coefficient (Wildman–Crippen LogP) is 2.42. The fourth-order valence-electron chi connectivity index (χ4n) is 2.01. The summed E-state index contributed by atoms with van der Waals surface area (Å²) in [6.45, 7) is 2.61. The van der Waals surface area contributed by atoms with Gasteiger partial charge in [-0.1, -0.05) is 31.0 Å².